The number of carboxylic acids is 1. The third-order valence-electron chi connectivity index (χ3n) is 3.14. The number of rotatable bonds is 5. The monoisotopic (exact) mass is 227 g/mol. The minimum absolute atomic E-state index is 0.352. The Balaban J connectivity index is 2.38. The molecular weight excluding hydrogens is 206 g/mol. The second-order valence-electron chi connectivity index (χ2n) is 4.82. The maximum Gasteiger partial charge on any atom is 0.330 e. The second kappa shape index (κ2) is 5.46. The average molecular weight is 227 g/mol. The number of hydrogen-bond acceptors (Lipinski definition) is 3. The lowest BCUT2D eigenvalue weighted by Crippen LogP contribution is -2.39. The second-order valence-corrected chi connectivity index (χ2v) is 4.82. The third kappa shape index (κ3) is 3.94. The number of carbonyl (C=O) groups is 1. The van der Waals surface area contributed by atoms with Gasteiger partial charge in [-0.15, -0.1) is 0 Å². The highest BCUT2D eigenvalue weighted by molar-refractivity contribution is 5.85. The zero-order valence-corrected chi connectivity index (χ0v) is 10.1. The molecule has 2 N–H and O–H groups in total. The summed E-state index contributed by atoms with van der Waals surface area (Å²) in [6.45, 7) is 2.78. The SMILES string of the molecule is C/C(=C/CN(C)CC1(O)CCCC1)C(=O)O. The van der Waals surface area contributed by atoms with Crippen molar-refractivity contribution in [2.75, 3.05) is 20.1 Å². The molecule has 4 heteroatoms. The van der Waals surface area contributed by atoms with Gasteiger partial charge in [-0.05, 0) is 26.8 Å². The van der Waals surface area contributed by atoms with E-state index in [-0.39, 0.29) is 0 Å². The van der Waals surface area contributed by atoms with Gasteiger partial charge in [0.1, 0.15) is 0 Å². The van der Waals surface area contributed by atoms with E-state index in [4.69, 9.17) is 5.11 Å². The number of nitrogens with zero attached hydrogens (tertiary/aromatic N) is 1. The van der Waals surface area contributed by atoms with Crippen molar-refractivity contribution in [1.29, 1.82) is 0 Å². The fourth-order valence-corrected chi connectivity index (χ4v) is 2.14. The van der Waals surface area contributed by atoms with E-state index in [0.29, 0.717) is 18.7 Å². The molecule has 0 aromatic heterocycles. The van der Waals surface area contributed by atoms with Gasteiger partial charge in [0.15, 0.2) is 0 Å². The predicted molar refractivity (Wildman–Crippen MR) is 62.3 cm³/mol. The van der Waals surface area contributed by atoms with E-state index >= 15 is 0 Å². The van der Waals surface area contributed by atoms with Crippen LogP contribution in [0.25, 0.3) is 0 Å². The van der Waals surface area contributed by atoms with Crippen molar-refractivity contribution in [3.8, 4) is 0 Å². The molecule has 0 atom stereocenters. The summed E-state index contributed by atoms with van der Waals surface area (Å²) >= 11 is 0. The van der Waals surface area contributed by atoms with E-state index in [9.17, 15) is 9.90 Å². The van der Waals surface area contributed by atoms with Crippen LogP contribution >= 0.6 is 0 Å². The highest BCUT2D eigenvalue weighted by Gasteiger charge is 2.31. The van der Waals surface area contributed by atoms with Crippen LogP contribution in [0.2, 0.25) is 0 Å². The molecule has 0 spiro atoms. The smallest absolute Gasteiger partial charge is 0.330 e. The molecule has 0 saturated heterocycles. The van der Waals surface area contributed by atoms with Gasteiger partial charge >= 0.3 is 5.97 Å². The van der Waals surface area contributed by atoms with Crippen LogP contribution in [0.3, 0.4) is 0 Å². The molecule has 0 aliphatic heterocycles. The van der Waals surface area contributed by atoms with E-state index in [1.54, 1.807) is 13.0 Å². The molecule has 0 aromatic rings. The minimum Gasteiger partial charge on any atom is -0.478 e. The summed E-state index contributed by atoms with van der Waals surface area (Å²) in [5.74, 6) is -0.882. The Morgan fingerprint density at radius 3 is 2.50 bits per heavy atom. The van der Waals surface area contributed by atoms with Gasteiger partial charge in [-0.3, -0.25) is 4.90 Å². The Hall–Kier alpha value is -0.870. The van der Waals surface area contributed by atoms with E-state index in [1.807, 2.05) is 11.9 Å². The Kier molecular flexibility index (Phi) is 4.50. The first-order valence-electron chi connectivity index (χ1n) is 5.74. The molecule has 4 nitrogen and oxygen atoms in total. The van der Waals surface area contributed by atoms with Crippen molar-refractivity contribution in [2.45, 2.75) is 38.2 Å². The summed E-state index contributed by atoms with van der Waals surface area (Å²) in [6.07, 6.45) is 5.58. The van der Waals surface area contributed by atoms with Gasteiger partial charge in [-0.25, -0.2) is 4.79 Å². The molecule has 1 saturated carbocycles. The molecule has 0 aromatic carbocycles. The van der Waals surface area contributed by atoms with E-state index in [1.165, 1.54) is 0 Å². The fraction of sp³-hybridized carbons (Fsp3) is 0.750. The number of hydrogen-bond donors (Lipinski definition) is 2. The van der Waals surface area contributed by atoms with Gasteiger partial charge < -0.3 is 10.2 Å². The summed E-state index contributed by atoms with van der Waals surface area (Å²) < 4.78 is 0. The Morgan fingerprint density at radius 2 is 2.00 bits per heavy atom. The molecule has 0 unspecified atom stereocenters. The number of likely N-dealkylation sites (N-methyl/N-ethyl adjacent to an activating group) is 1. The Morgan fingerprint density at radius 1 is 1.44 bits per heavy atom. The number of carboxylic acid groups (broad SMARTS) is 1. The maximum absolute atomic E-state index is 10.6. The summed E-state index contributed by atoms with van der Waals surface area (Å²) in [4.78, 5) is 12.6. The van der Waals surface area contributed by atoms with Crippen molar-refractivity contribution in [3.05, 3.63) is 11.6 Å². The van der Waals surface area contributed by atoms with Crippen molar-refractivity contribution < 1.29 is 15.0 Å². The lowest BCUT2D eigenvalue weighted by Gasteiger charge is -2.27. The lowest BCUT2D eigenvalue weighted by atomic mass is 10.0. The first-order valence-corrected chi connectivity index (χ1v) is 5.74. The van der Waals surface area contributed by atoms with E-state index in [2.05, 4.69) is 0 Å². The molecule has 16 heavy (non-hydrogen) atoms. The van der Waals surface area contributed by atoms with Crippen LogP contribution in [0.4, 0.5) is 0 Å². The highest BCUT2D eigenvalue weighted by atomic mass is 16.4. The van der Waals surface area contributed by atoms with E-state index in [0.717, 1.165) is 25.7 Å². The Labute approximate surface area is 96.6 Å². The largest absolute Gasteiger partial charge is 0.478 e. The summed E-state index contributed by atoms with van der Waals surface area (Å²) in [5.41, 5.74) is -0.204. The average Bonchev–Trinajstić information content (AvgIpc) is 2.60. The lowest BCUT2D eigenvalue weighted by molar-refractivity contribution is -0.132. The first-order chi connectivity index (χ1) is 7.43. The Bertz CT molecular complexity index is 280. The van der Waals surface area contributed by atoms with Crippen LogP contribution in [0.5, 0.6) is 0 Å². The molecule has 1 rings (SSSR count). The van der Waals surface area contributed by atoms with Gasteiger partial charge in [0.05, 0.1) is 5.60 Å². The van der Waals surface area contributed by atoms with E-state index < -0.39 is 11.6 Å². The zero-order chi connectivity index (χ0) is 12.2. The van der Waals surface area contributed by atoms with Gasteiger partial charge in [-0.1, -0.05) is 18.9 Å². The van der Waals surface area contributed by atoms with Crippen molar-refractivity contribution in [3.63, 3.8) is 0 Å². The predicted octanol–water partition coefficient (Wildman–Crippen LogP) is 1.25. The molecule has 0 amide bonds. The number of aliphatic carboxylic acids is 1. The zero-order valence-electron chi connectivity index (χ0n) is 10.1. The van der Waals surface area contributed by atoms with Crippen LogP contribution in [0, 0.1) is 0 Å². The molecule has 0 radical (unpaired) electrons. The third-order valence-corrected chi connectivity index (χ3v) is 3.14. The highest BCUT2D eigenvalue weighted by Crippen LogP contribution is 2.29. The molecule has 1 fully saturated rings. The first kappa shape index (κ1) is 13.2. The van der Waals surface area contributed by atoms with Gasteiger partial charge in [0.2, 0.25) is 0 Å². The summed E-state index contributed by atoms with van der Waals surface area (Å²) in [6, 6.07) is 0. The van der Waals surface area contributed by atoms with Gasteiger partial charge in [0, 0.05) is 18.7 Å². The minimum atomic E-state index is -0.882. The van der Waals surface area contributed by atoms with Crippen molar-refractivity contribution in [2.24, 2.45) is 0 Å². The normalized spacial score (nSPS) is 20.4. The molecule has 92 valence electrons. The van der Waals surface area contributed by atoms with Crippen LogP contribution in [0.15, 0.2) is 11.6 Å². The van der Waals surface area contributed by atoms with Crippen LogP contribution in [-0.2, 0) is 4.79 Å². The van der Waals surface area contributed by atoms with Crippen LogP contribution in [-0.4, -0.2) is 46.8 Å². The van der Waals surface area contributed by atoms with Gasteiger partial charge in [-0.2, -0.15) is 0 Å². The van der Waals surface area contributed by atoms with Crippen molar-refractivity contribution >= 4 is 5.97 Å². The van der Waals surface area contributed by atoms with Crippen molar-refractivity contribution in [1.82, 2.24) is 4.90 Å². The molecule has 0 bridgehead atoms. The topological polar surface area (TPSA) is 60.8 Å². The molecule has 1 aliphatic rings. The summed E-state index contributed by atoms with van der Waals surface area (Å²) in [5, 5.41) is 18.9. The van der Waals surface area contributed by atoms with Crippen LogP contribution in [0.1, 0.15) is 32.6 Å². The van der Waals surface area contributed by atoms with Gasteiger partial charge in [0.25, 0.3) is 0 Å². The molecular formula is C12H21NO3. The summed E-state index contributed by atoms with van der Waals surface area (Å²) in [7, 11) is 1.90. The number of aliphatic hydroxyl groups is 1. The standard InChI is InChI=1S/C12H21NO3/c1-10(11(14)15)5-8-13(2)9-12(16)6-3-4-7-12/h5,16H,3-4,6-9H2,1-2H3,(H,14,15)/b10-5-. The maximum atomic E-state index is 10.6. The molecule has 1 aliphatic carbocycles. The molecule has 0 heterocycles. The quantitative estimate of drug-likeness (QED) is 0.694. The fourth-order valence-electron chi connectivity index (χ4n) is 2.14. The van der Waals surface area contributed by atoms with Crippen LogP contribution < -0.4 is 0 Å².